The first-order chi connectivity index (χ1) is 4.74. The third kappa shape index (κ3) is 1.58. The minimum atomic E-state index is 0.133. The Morgan fingerprint density at radius 1 is 1.80 bits per heavy atom. The fourth-order valence-corrected chi connectivity index (χ4v) is 1.02. The van der Waals surface area contributed by atoms with Crippen molar-refractivity contribution in [3.8, 4) is 0 Å². The highest BCUT2D eigenvalue weighted by Crippen LogP contribution is 2.11. The summed E-state index contributed by atoms with van der Waals surface area (Å²) in [5.41, 5.74) is 1.09. The fourth-order valence-electron chi connectivity index (χ4n) is 0.714. The van der Waals surface area contributed by atoms with Crippen LogP contribution in [0.1, 0.15) is 5.56 Å². The van der Waals surface area contributed by atoms with Gasteiger partial charge in [0.15, 0.2) is 0 Å². The maximum atomic E-state index is 8.54. The summed E-state index contributed by atoms with van der Waals surface area (Å²) in [7, 11) is 0. The van der Waals surface area contributed by atoms with Crippen LogP contribution in [0.3, 0.4) is 0 Å². The van der Waals surface area contributed by atoms with Gasteiger partial charge in [0.1, 0.15) is 4.60 Å². The maximum Gasteiger partial charge on any atom is 0.131 e. The molecule has 0 aromatic carbocycles. The minimum absolute atomic E-state index is 0.133. The van der Waals surface area contributed by atoms with E-state index in [1.54, 1.807) is 4.68 Å². The Balaban J connectivity index is 2.77. The summed E-state index contributed by atoms with van der Waals surface area (Å²) >= 11 is 3.27. The monoisotopic (exact) mass is 204 g/mol. The molecule has 1 heterocycles. The van der Waals surface area contributed by atoms with Crippen molar-refractivity contribution in [2.75, 3.05) is 6.61 Å². The number of aliphatic hydroxyl groups excluding tert-OH is 1. The van der Waals surface area contributed by atoms with E-state index >= 15 is 0 Å². The summed E-state index contributed by atoms with van der Waals surface area (Å²) in [6.45, 7) is 2.66. The lowest BCUT2D eigenvalue weighted by atomic mass is 10.4. The van der Waals surface area contributed by atoms with Crippen LogP contribution in [0, 0.1) is 6.92 Å². The van der Waals surface area contributed by atoms with Gasteiger partial charge >= 0.3 is 0 Å². The topological polar surface area (TPSA) is 38.0 Å². The molecule has 10 heavy (non-hydrogen) atoms. The molecule has 0 fully saturated rings. The lowest BCUT2D eigenvalue weighted by Crippen LogP contribution is -2.01. The van der Waals surface area contributed by atoms with E-state index in [4.69, 9.17) is 5.11 Å². The van der Waals surface area contributed by atoms with Crippen molar-refractivity contribution < 1.29 is 5.11 Å². The smallest absolute Gasteiger partial charge is 0.131 e. The van der Waals surface area contributed by atoms with E-state index in [0.717, 1.165) is 10.2 Å². The first kappa shape index (κ1) is 7.75. The molecule has 0 atom stereocenters. The van der Waals surface area contributed by atoms with Crippen LogP contribution < -0.4 is 0 Å². The van der Waals surface area contributed by atoms with E-state index in [9.17, 15) is 0 Å². The number of aryl methyl sites for hydroxylation is 1. The van der Waals surface area contributed by atoms with E-state index < -0.39 is 0 Å². The molecular formula is C6H9BrN2O. The second kappa shape index (κ2) is 3.16. The molecule has 3 nitrogen and oxygen atoms in total. The number of hydrogen-bond acceptors (Lipinski definition) is 2. The Morgan fingerprint density at radius 3 is 2.90 bits per heavy atom. The van der Waals surface area contributed by atoms with Crippen LogP contribution >= 0.6 is 15.9 Å². The Hall–Kier alpha value is -0.350. The molecule has 0 radical (unpaired) electrons. The lowest BCUT2D eigenvalue weighted by Gasteiger charge is -1.93. The first-order valence-electron chi connectivity index (χ1n) is 3.04. The van der Waals surface area contributed by atoms with Crippen LogP contribution in [0.25, 0.3) is 0 Å². The first-order valence-corrected chi connectivity index (χ1v) is 3.83. The zero-order valence-corrected chi connectivity index (χ0v) is 7.30. The van der Waals surface area contributed by atoms with Crippen LogP contribution in [0.4, 0.5) is 0 Å². The second-order valence-electron chi connectivity index (χ2n) is 2.09. The van der Waals surface area contributed by atoms with Gasteiger partial charge in [-0.1, -0.05) is 0 Å². The highest BCUT2D eigenvalue weighted by molar-refractivity contribution is 9.10. The van der Waals surface area contributed by atoms with Gasteiger partial charge in [0, 0.05) is 11.8 Å². The average molecular weight is 205 g/mol. The van der Waals surface area contributed by atoms with E-state index in [1.807, 2.05) is 13.1 Å². The van der Waals surface area contributed by atoms with Crippen LogP contribution in [-0.4, -0.2) is 21.5 Å². The number of rotatable bonds is 2. The van der Waals surface area contributed by atoms with Crippen LogP contribution in [0.2, 0.25) is 0 Å². The maximum absolute atomic E-state index is 8.54. The summed E-state index contributed by atoms with van der Waals surface area (Å²) in [6, 6.07) is 0. The zero-order chi connectivity index (χ0) is 7.56. The third-order valence-electron chi connectivity index (χ3n) is 1.21. The van der Waals surface area contributed by atoms with Gasteiger partial charge in [-0.15, -0.1) is 0 Å². The van der Waals surface area contributed by atoms with Gasteiger partial charge < -0.3 is 5.11 Å². The summed E-state index contributed by atoms with van der Waals surface area (Å²) < 4.78 is 2.56. The lowest BCUT2D eigenvalue weighted by molar-refractivity contribution is 0.269. The van der Waals surface area contributed by atoms with Gasteiger partial charge in [0.05, 0.1) is 13.2 Å². The number of aliphatic hydroxyl groups is 1. The van der Waals surface area contributed by atoms with Crippen LogP contribution in [0.5, 0.6) is 0 Å². The summed E-state index contributed by atoms with van der Waals surface area (Å²) in [4.78, 5) is 0. The SMILES string of the molecule is Cc1cn(CCO)nc1Br. The van der Waals surface area contributed by atoms with E-state index in [2.05, 4.69) is 21.0 Å². The Labute approximate surface area is 67.8 Å². The molecule has 1 N–H and O–H groups in total. The third-order valence-corrected chi connectivity index (χ3v) is 2.00. The molecular weight excluding hydrogens is 196 g/mol. The molecule has 0 aliphatic heterocycles. The molecule has 0 unspecified atom stereocenters. The normalized spacial score (nSPS) is 10.3. The fraction of sp³-hybridized carbons (Fsp3) is 0.500. The minimum Gasteiger partial charge on any atom is -0.394 e. The van der Waals surface area contributed by atoms with E-state index in [1.165, 1.54) is 0 Å². The number of nitrogens with zero attached hydrogens (tertiary/aromatic N) is 2. The van der Waals surface area contributed by atoms with Crippen LogP contribution in [0.15, 0.2) is 10.8 Å². The Bertz CT molecular complexity index is 202. The standard InChI is InChI=1S/C6H9BrN2O/c1-5-4-9(2-3-10)8-6(5)7/h4,10H,2-3H2,1H3. The molecule has 56 valence electrons. The number of hydrogen-bond donors (Lipinski definition) is 1. The Kier molecular flexibility index (Phi) is 2.45. The van der Waals surface area contributed by atoms with Gasteiger partial charge in [-0.05, 0) is 22.9 Å². The van der Waals surface area contributed by atoms with Gasteiger partial charge in [-0.2, -0.15) is 5.10 Å². The Morgan fingerprint density at radius 2 is 2.50 bits per heavy atom. The average Bonchev–Trinajstić information content (AvgIpc) is 2.14. The van der Waals surface area contributed by atoms with Gasteiger partial charge in [-0.25, -0.2) is 0 Å². The number of halogens is 1. The molecule has 0 bridgehead atoms. The van der Waals surface area contributed by atoms with E-state index in [0.29, 0.717) is 6.54 Å². The quantitative estimate of drug-likeness (QED) is 0.780. The second-order valence-corrected chi connectivity index (χ2v) is 2.84. The number of aromatic nitrogens is 2. The molecule has 4 heteroatoms. The molecule has 1 aromatic heterocycles. The van der Waals surface area contributed by atoms with Crippen molar-refractivity contribution in [1.29, 1.82) is 0 Å². The van der Waals surface area contributed by atoms with Crippen molar-refractivity contribution >= 4 is 15.9 Å². The molecule has 1 aromatic rings. The molecule has 0 aliphatic rings. The predicted molar refractivity (Wildman–Crippen MR) is 41.7 cm³/mol. The predicted octanol–water partition coefficient (Wildman–Crippen LogP) is 0.946. The summed E-state index contributed by atoms with van der Waals surface area (Å²) in [5.74, 6) is 0. The highest BCUT2D eigenvalue weighted by atomic mass is 79.9. The van der Waals surface area contributed by atoms with Crippen molar-refractivity contribution in [3.05, 3.63) is 16.4 Å². The van der Waals surface area contributed by atoms with E-state index in [-0.39, 0.29) is 6.61 Å². The molecule has 1 rings (SSSR count). The van der Waals surface area contributed by atoms with Crippen molar-refractivity contribution in [2.45, 2.75) is 13.5 Å². The molecule has 0 saturated heterocycles. The summed E-state index contributed by atoms with van der Waals surface area (Å²) in [6.07, 6.45) is 1.89. The van der Waals surface area contributed by atoms with Crippen molar-refractivity contribution in [1.82, 2.24) is 9.78 Å². The van der Waals surface area contributed by atoms with Gasteiger partial charge in [-0.3, -0.25) is 4.68 Å². The molecule has 0 saturated carbocycles. The van der Waals surface area contributed by atoms with Crippen LogP contribution in [-0.2, 0) is 6.54 Å². The van der Waals surface area contributed by atoms with Gasteiger partial charge in [0.2, 0.25) is 0 Å². The molecule has 0 spiro atoms. The highest BCUT2D eigenvalue weighted by Gasteiger charge is 1.98. The molecule has 0 aliphatic carbocycles. The summed E-state index contributed by atoms with van der Waals surface area (Å²) in [5, 5.41) is 12.6. The molecule has 0 amide bonds. The zero-order valence-electron chi connectivity index (χ0n) is 5.71. The van der Waals surface area contributed by atoms with Crippen molar-refractivity contribution in [3.63, 3.8) is 0 Å². The van der Waals surface area contributed by atoms with Gasteiger partial charge in [0.25, 0.3) is 0 Å². The van der Waals surface area contributed by atoms with Crippen molar-refractivity contribution in [2.24, 2.45) is 0 Å². The largest absolute Gasteiger partial charge is 0.394 e.